The van der Waals surface area contributed by atoms with E-state index < -0.39 is 0 Å². The number of nitrogens with one attached hydrogen (secondary N) is 1. The number of hydrogen-bond acceptors (Lipinski definition) is 7. The monoisotopic (exact) mass is 432 g/mol. The van der Waals surface area contributed by atoms with Crippen LogP contribution in [0.2, 0.25) is 0 Å². The molecule has 2 aromatic carbocycles. The van der Waals surface area contributed by atoms with Crippen molar-refractivity contribution in [3.63, 3.8) is 0 Å². The summed E-state index contributed by atoms with van der Waals surface area (Å²) in [6, 6.07) is 18.7. The lowest BCUT2D eigenvalue weighted by atomic mass is 10.1. The molecule has 4 rings (SSSR count). The van der Waals surface area contributed by atoms with Crippen molar-refractivity contribution in [3.8, 4) is 16.7 Å². The van der Waals surface area contributed by atoms with Crippen LogP contribution in [0.5, 0.6) is 16.7 Å². The van der Waals surface area contributed by atoms with Gasteiger partial charge >= 0.3 is 0 Å². The maximum absolute atomic E-state index is 12.5. The summed E-state index contributed by atoms with van der Waals surface area (Å²) in [5.74, 6) is 1.40. The van der Waals surface area contributed by atoms with Crippen molar-refractivity contribution in [2.45, 2.75) is 13.0 Å². The van der Waals surface area contributed by atoms with E-state index in [9.17, 15) is 4.79 Å². The summed E-state index contributed by atoms with van der Waals surface area (Å²) in [5.41, 5.74) is 2.57. The number of benzene rings is 2. The van der Waals surface area contributed by atoms with Crippen LogP contribution in [0.25, 0.3) is 0 Å². The molecule has 1 N–H and O–H groups in total. The number of aromatic nitrogens is 3. The van der Waals surface area contributed by atoms with Crippen LogP contribution in [0.3, 0.4) is 0 Å². The summed E-state index contributed by atoms with van der Waals surface area (Å²) < 4.78 is 15.6. The lowest BCUT2D eigenvalue weighted by Gasteiger charge is -2.10. The Morgan fingerprint density at radius 2 is 1.81 bits per heavy atom. The molecule has 1 amide bonds. The van der Waals surface area contributed by atoms with Crippen LogP contribution < -0.4 is 14.8 Å². The number of pyridine rings is 1. The molecule has 0 aliphatic carbocycles. The lowest BCUT2D eigenvalue weighted by molar-refractivity contribution is 0.0950. The number of amides is 1. The van der Waals surface area contributed by atoms with Gasteiger partial charge in [0.05, 0.1) is 7.11 Å². The Hall–Kier alpha value is -3.78. The number of hydrogen-bond donors (Lipinski definition) is 1. The molecule has 0 atom stereocenters. The summed E-state index contributed by atoms with van der Waals surface area (Å²) in [6.07, 6.45) is 4.01. The largest absolute Gasteiger partial charge is 0.493 e. The van der Waals surface area contributed by atoms with E-state index in [1.165, 1.54) is 18.6 Å². The van der Waals surface area contributed by atoms with Gasteiger partial charge < -0.3 is 14.8 Å². The second-order valence-electron chi connectivity index (χ2n) is 6.64. The second-order valence-corrected chi connectivity index (χ2v) is 7.36. The Bertz CT molecular complexity index is 1150. The zero-order chi connectivity index (χ0) is 21.5. The summed E-state index contributed by atoms with van der Waals surface area (Å²) in [5, 5.41) is 3.29. The normalized spacial score (nSPS) is 10.5. The van der Waals surface area contributed by atoms with Crippen LogP contribution in [0.15, 0.2) is 73.1 Å². The summed E-state index contributed by atoms with van der Waals surface area (Å²) in [4.78, 5) is 20.9. The molecule has 4 aromatic rings. The van der Waals surface area contributed by atoms with Gasteiger partial charge in [0.15, 0.2) is 17.3 Å². The predicted molar refractivity (Wildman–Crippen MR) is 118 cm³/mol. The molecule has 0 saturated carbocycles. The average molecular weight is 433 g/mol. The minimum absolute atomic E-state index is 0.206. The zero-order valence-corrected chi connectivity index (χ0v) is 17.6. The zero-order valence-electron chi connectivity index (χ0n) is 16.8. The standard InChI is InChI=1S/C23H20N4O3S/c1-29-20-14-18(22(28)25-15-17-9-11-24-12-10-17)7-8-19(20)30-23-26-21(27-31-23)13-16-5-3-2-4-6-16/h2-12,14H,13,15H2,1H3,(H,25,28). The summed E-state index contributed by atoms with van der Waals surface area (Å²) in [7, 11) is 1.53. The van der Waals surface area contributed by atoms with Crippen LogP contribution in [0.4, 0.5) is 0 Å². The van der Waals surface area contributed by atoms with Crippen molar-refractivity contribution in [2.24, 2.45) is 0 Å². The van der Waals surface area contributed by atoms with E-state index in [1.54, 1.807) is 30.6 Å². The first-order chi connectivity index (χ1) is 15.2. The molecule has 0 unspecified atom stereocenters. The highest BCUT2D eigenvalue weighted by atomic mass is 32.1. The van der Waals surface area contributed by atoms with Crippen molar-refractivity contribution in [1.82, 2.24) is 19.7 Å². The third kappa shape index (κ3) is 5.43. The molecule has 2 aromatic heterocycles. The first-order valence-electron chi connectivity index (χ1n) is 9.61. The molecule has 0 aliphatic rings. The summed E-state index contributed by atoms with van der Waals surface area (Å²) >= 11 is 1.18. The molecular formula is C23H20N4O3S. The Labute approximate surface area is 183 Å². The predicted octanol–water partition coefficient (Wildman–Crippen LogP) is 4.25. The van der Waals surface area contributed by atoms with Gasteiger partial charge in [-0.15, -0.1) is 0 Å². The molecule has 0 aliphatic heterocycles. The van der Waals surface area contributed by atoms with E-state index in [2.05, 4.69) is 19.7 Å². The Morgan fingerprint density at radius 1 is 1.00 bits per heavy atom. The van der Waals surface area contributed by atoms with Crippen molar-refractivity contribution in [2.75, 3.05) is 7.11 Å². The van der Waals surface area contributed by atoms with Crippen molar-refractivity contribution >= 4 is 17.4 Å². The number of ether oxygens (including phenoxy) is 2. The van der Waals surface area contributed by atoms with Gasteiger partial charge in [0.25, 0.3) is 11.1 Å². The van der Waals surface area contributed by atoms with E-state index in [-0.39, 0.29) is 5.91 Å². The van der Waals surface area contributed by atoms with Gasteiger partial charge in [0, 0.05) is 42.5 Å². The molecule has 8 heteroatoms. The molecule has 31 heavy (non-hydrogen) atoms. The maximum atomic E-state index is 12.5. The van der Waals surface area contributed by atoms with Gasteiger partial charge in [-0.2, -0.15) is 9.36 Å². The van der Waals surface area contributed by atoms with Crippen molar-refractivity contribution in [1.29, 1.82) is 0 Å². The molecule has 0 spiro atoms. The quantitative estimate of drug-likeness (QED) is 0.448. The maximum Gasteiger partial charge on any atom is 0.298 e. The molecule has 0 radical (unpaired) electrons. The van der Waals surface area contributed by atoms with Crippen molar-refractivity contribution in [3.05, 3.63) is 95.6 Å². The van der Waals surface area contributed by atoms with E-state index >= 15 is 0 Å². The van der Waals surface area contributed by atoms with Gasteiger partial charge in [-0.1, -0.05) is 30.3 Å². The third-order valence-corrected chi connectivity index (χ3v) is 5.11. The number of carbonyl (C=O) groups is 1. The smallest absolute Gasteiger partial charge is 0.298 e. The SMILES string of the molecule is COc1cc(C(=O)NCc2ccncc2)ccc1Oc1nc(Cc2ccccc2)ns1. The van der Waals surface area contributed by atoms with Gasteiger partial charge in [-0.05, 0) is 41.5 Å². The van der Waals surface area contributed by atoms with Crippen molar-refractivity contribution < 1.29 is 14.3 Å². The van der Waals surface area contributed by atoms with Crippen LogP contribution >= 0.6 is 11.5 Å². The number of nitrogens with zero attached hydrogens (tertiary/aromatic N) is 3. The minimum Gasteiger partial charge on any atom is -0.493 e. The molecule has 0 fully saturated rings. The van der Waals surface area contributed by atoms with Gasteiger partial charge in [0.2, 0.25) is 0 Å². The molecule has 156 valence electrons. The fraction of sp³-hybridized carbons (Fsp3) is 0.130. The first-order valence-corrected chi connectivity index (χ1v) is 10.4. The highest BCUT2D eigenvalue weighted by molar-refractivity contribution is 7.07. The molecule has 0 bridgehead atoms. The molecule has 0 saturated heterocycles. The summed E-state index contributed by atoms with van der Waals surface area (Å²) in [6.45, 7) is 0.414. The first kappa shape index (κ1) is 20.5. The van der Waals surface area contributed by atoms with Crippen LogP contribution in [-0.4, -0.2) is 27.4 Å². The van der Waals surface area contributed by atoms with E-state index in [4.69, 9.17) is 9.47 Å². The molecule has 7 nitrogen and oxygen atoms in total. The van der Waals surface area contributed by atoms with Crippen LogP contribution in [0, 0.1) is 0 Å². The number of methoxy groups -OCH3 is 1. The topological polar surface area (TPSA) is 86.2 Å². The Balaban J connectivity index is 1.42. The van der Waals surface area contributed by atoms with E-state index in [0.29, 0.717) is 41.0 Å². The lowest BCUT2D eigenvalue weighted by Crippen LogP contribution is -2.22. The van der Waals surface area contributed by atoms with Gasteiger partial charge in [0.1, 0.15) is 0 Å². The van der Waals surface area contributed by atoms with E-state index in [1.807, 2.05) is 42.5 Å². The Morgan fingerprint density at radius 3 is 2.58 bits per heavy atom. The van der Waals surface area contributed by atoms with E-state index in [0.717, 1.165) is 11.1 Å². The minimum atomic E-state index is -0.206. The fourth-order valence-corrected chi connectivity index (χ4v) is 3.46. The van der Waals surface area contributed by atoms with Gasteiger partial charge in [-0.25, -0.2) is 0 Å². The second kappa shape index (κ2) is 9.82. The van der Waals surface area contributed by atoms with Crippen LogP contribution in [0.1, 0.15) is 27.3 Å². The van der Waals surface area contributed by atoms with Gasteiger partial charge in [-0.3, -0.25) is 9.78 Å². The average Bonchev–Trinajstić information content (AvgIpc) is 3.25. The number of carbonyl (C=O) groups excluding carboxylic acids is 1. The van der Waals surface area contributed by atoms with Crippen LogP contribution in [-0.2, 0) is 13.0 Å². The molecular weight excluding hydrogens is 412 g/mol. The third-order valence-electron chi connectivity index (χ3n) is 4.48. The highest BCUT2D eigenvalue weighted by Crippen LogP contribution is 2.33. The highest BCUT2D eigenvalue weighted by Gasteiger charge is 2.14. The fourth-order valence-electron chi connectivity index (χ4n) is 2.90. The molecule has 2 heterocycles. The Kier molecular flexibility index (Phi) is 6.49. The number of rotatable bonds is 8.